The van der Waals surface area contributed by atoms with Crippen LogP contribution in [-0.4, -0.2) is 25.9 Å². The summed E-state index contributed by atoms with van der Waals surface area (Å²) in [5.74, 6) is 0.0608. The van der Waals surface area contributed by atoms with E-state index in [1.165, 1.54) is 31.1 Å². The van der Waals surface area contributed by atoms with Crippen molar-refractivity contribution < 1.29 is 13.9 Å². The second-order valence-electron chi connectivity index (χ2n) is 6.24. The van der Waals surface area contributed by atoms with E-state index in [0.29, 0.717) is 38.2 Å². The number of esters is 1. The molecule has 0 aliphatic rings. The number of ether oxygens (including phenoxy) is 1. The fraction of sp³-hybridized carbons (Fsp3) is 0.100. The Labute approximate surface area is 194 Å². The number of imidazole rings is 1. The Morgan fingerprint density at radius 3 is 2.61 bits per heavy atom. The van der Waals surface area contributed by atoms with Crippen LogP contribution in [0.1, 0.15) is 12.6 Å². The number of nitrogens with zero attached hydrogens (tertiary/aromatic N) is 3. The summed E-state index contributed by atoms with van der Waals surface area (Å²) in [7, 11) is 0. The lowest BCUT2D eigenvalue weighted by Gasteiger charge is -2.10. The van der Waals surface area contributed by atoms with Crippen LogP contribution in [0.4, 0.5) is 15.9 Å². The lowest BCUT2D eigenvalue weighted by Crippen LogP contribution is -2.02. The Balaban J connectivity index is 0.00000171. The topological polar surface area (TPSA) is 92.8 Å². The van der Waals surface area contributed by atoms with Crippen molar-refractivity contribution >= 4 is 65.0 Å². The number of benzene rings is 2. The van der Waals surface area contributed by atoms with Crippen LogP contribution in [0.25, 0.3) is 10.9 Å². The van der Waals surface area contributed by atoms with Crippen LogP contribution < -0.4 is 10.1 Å². The first-order valence-corrected chi connectivity index (χ1v) is 9.49. The molecule has 0 atom stereocenters. The van der Waals surface area contributed by atoms with E-state index in [2.05, 4.69) is 25.3 Å². The molecule has 31 heavy (non-hydrogen) atoms. The van der Waals surface area contributed by atoms with E-state index in [1.54, 1.807) is 36.5 Å². The third kappa shape index (κ3) is 5.84. The van der Waals surface area contributed by atoms with Gasteiger partial charge in [0.1, 0.15) is 23.7 Å². The summed E-state index contributed by atoms with van der Waals surface area (Å²) in [6.45, 7) is 3.22. The van der Waals surface area contributed by atoms with Gasteiger partial charge in [-0.3, -0.25) is 4.79 Å². The van der Waals surface area contributed by atoms with Crippen LogP contribution in [0.15, 0.2) is 59.0 Å². The molecular formula is C20H18Cl2FN5O2S. The number of nitrogens with one attached hydrogen (secondary N) is 2. The monoisotopic (exact) mass is 481 g/mol. The van der Waals surface area contributed by atoms with Gasteiger partial charge in [-0.05, 0) is 55.1 Å². The van der Waals surface area contributed by atoms with Crippen molar-refractivity contribution in [3.8, 4) is 5.75 Å². The zero-order valence-electron chi connectivity index (χ0n) is 16.4. The van der Waals surface area contributed by atoms with E-state index >= 15 is 0 Å². The number of aromatic amines is 1. The van der Waals surface area contributed by atoms with Crippen molar-refractivity contribution in [3.05, 3.63) is 60.4 Å². The summed E-state index contributed by atoms with van der Waals surface area (Å²) in [5, 5.41) is 4.38. The molecule has 0 radical (unpaired) electrons. The van der Waals surface area contributed by atoms with Crippen molar-refractivity contribution in [3.63, 3.8) is 0 Å². The Morgan fingerprint density at radius 1 is 1.13 bits per heavy atom. The maximum atomic E-state index is 14.6. The molecule has 0 saturated carbocycles. The Bertz CT molecular complexity index is 1220. The highest BCUT2D eigenvalue weighted by atomic mass is 35.5. The highest BCUT2D eigenvalue weighted by Gasteiger charge is 2.11. The van der Waals surface area contributed by atoms with Gasteiger partial charge in [0, 0.05) is 29.9 Å². The van der Waals surface area contributed by atoms with Gasteiger partial charge in [-0.15, -0.1) is 24.8 Å². The van der Waals surface area contributed by atoms with Crippen molar-refractivity contribution in [2.24, 2.45) is 0 Å². The average molecular weight is 482 g/mol. The van der Waals surface area contributed by atoms with Gasteiger partial charge in [-0.2, -0.15) is 0 Å². The van der Waals surface area contributed by atoms with Crippen LogP contribution in [0, 0.1) is 12.7 Å². The molecule has 0 fully saturated rings. The first-order valence-electron chi connectivity index (χ1n) is 8.67. The Hall–Kier alpha value is -2.88. The molecule has 2 N–H and O–H groups in total. The predicted octanol–water partition coefficient (Wildman–Crippen LogP) is 5.46. The van der Waals surface area contributed by atoms with Crippen molar-refractivity contribution in [1.82, 2.24) is 19.9 Å². The van der Waals surface area contributed by atoms with Crippen molar-refractivity contribution in [2.45, 2.75) is 23.9 Å². The molecule has 0 spiro atoms. The van der Waals surface area contributed by atoms with Gasteiger partial charge in [0.2, 0.25) is 0 Å². The lowest BCUT2D eigenvalue weighted by atomic mass is 10.2. The molecule has 2 aromatic heterocycles. The summed E-state index contributed by atoms with van der Waals surface area (Å²) in [5.41, 5.74) is 2.11. The number of fused-ring (bicyclic) bond motifs is 1. The smallest absolute Gasteiger partial charge is 0.308 e. The van der Waals surface area contributed by atoms with Crippen LogP contribution in [0.2, 0.25) is 0 Å². The minimum atomic E-state index is -0.419. The van der Waals surface area contributed by atoms with Crippen molar-refractivity contribution in [2.75, 3.05) is 5.32 Å². The number of aryl methyl sites for hydroxylation is 1. The minimum Gasteiger partial charge on any atom is -0.427 e. The SMILES string of the molecule is CC(=O)Oc1ccc2ncnc(Nc3ccc(Sc4ncc(C)[nH]4)c(F)c3)c2c1.Cl.Cl. The molecule has 2 aromatic carbocycles. The number of anilines is 2. The Kier molecular flexibility index (Phi) is 8.21. The second kappa shape index (κ2) is 10.4. The van der Waals surface area contributed by atoms with Crippen LogP contribution >= 0.6 is 36.6 Å². The van der Waals surface area contributed by atoms with Crippen molar-refractivity contribution in [1.29, 1.82) is 0 Å². The van der Waals surface area contributed by atoms with E-state index in [4.69, 9.17) is 4.74 Å². The number of rotatable bonds is 5. The fourth-order valence-corrected chi connectivity index (χ4v) is 3.53. The lowest BCUT2D eigenvalue weighted by molar-refractivity contribution is -0.131. The molecule has 0 aliphatic heterocycles. The summed E-state index contributed by atoms with van der Waals surface area (Å²) >= 11 is 1.22. The summed E-state index contributed by atoms with van der Waals surface area (Å²) in [6, 6.07) is 9.87. The molecule has 0 amide bonds. The maximum Gasteiger partial charge on any atom is 0.308 e. The van der Waals surface area contributed by atoms with Crippen LogP contribution in [0.3, 0.4) is 0 Å². The second-order valence-corrected chi connectivity index (χ2v) is 7.27. The van der Waals surface area contributed by atoms with Crippen LogP contribution in [0.5, 0.6) is 5.75 Å². The molecule has 11 heteroatoms. The van der Waals surface area contributed by atoms with E-state index in [0.717, 1.165) is 5.69 Å². The number of halogens is 3. The molecular weight excluding hydrogens is 464 g/mol. The summed E-state index contributed by atoms with van der Waals surface area (Å²) in [6.07, 6.45) is 3.11. The van der Waals surface area contributed by atoms with E-state index < -0.39 is 5.97 Å². The Morgan fingerprint density at radius 2 is 1.94 bits per heavy atom. The highest BCUT2D eigenvalue weighted by molar-refractivity contribution is 7.99. The van der Waals surface area contributed by atoms with Gasteiger partial charge in [-0.1, -0.05) is 0 Å². The van der Waals surface area contributed by atoms with Gasteiger partial charge in [0.05, 0.1) is 10.4 Å². The first kappa shape index (κ1) is 24.4. The quantitative estimate of drug-likeness (QED) is 0.288. The predicted molar refractivity (Wildman–Crippen MR) is 122 cm³/mol. The third-order valence-corrected chi connectivity index (χ3v) is 4.90. The summed E-state index contributed by atoms with van der Waals surface area (Å²) < 4.78 is 19.7. The van der Waals surface area contributed by atoms with E-state index in [1.807, 2.05) is 6.92 Å². The third-order valence-electron chi connectivity index (χ3n) is 3.95. The molecule has 4 rings (SSSR count). The number of carbonyl (C=O) groups is 1. The first-order chi connectivity index (χ1) is 14.0. The summed E-state index contributed by atoms with van der Waals surface area (Å²) in [4.78, 5) is 27.3. The van der Waals surface area contributed by atoms with Gasteiger partial charge in [-0.25, -0.2) is 19.3 Å². The standard InChI is InChI=1S/C20H16FN5O2S.2ClH/c1-11-9-22-20(25-11)29-18-6-3-13(7-16(18)21)26-19-15-8-14(28-12(2)27)4-5-17(15)23-10-24-19;;/h3-10H,1-2H3,(H,22,25)(H,23,24,26);2*1H. The average Bonchev–Trinajstić information content (AvgIpc) is 3.09. The minimum absolute atomic E-state index is 0. The number of aromatic nitrogens is 4. The van der Waals surface area contributed by atoms with Gasteiger partial charge >= 0.3 is 5.97 Å². The molecule has 7 nitrogen and oxygen atoms in total. The largest absolute Gasteiger partial charge is 0.427 e. The number of hydrogen-bond donors (Lipinski definition) is 2. The van der Waals surface area contributed by atoms with Gasteiger partial charge < -0.3 is 15.0 Å². The van der Waals surface area contributed by atoms with Crippen LogP contribution in [-0.2, 0) is 4.79 Å². The number of H-pyrrole nitrogens is 1. The molecule has 0 unspecified atom stereocenters. The zero-order chi connectivity index (χ0) is 20.4. The zero-order valence-corrected chi connectivity index (χ0v) is 18.8. The van der Waals surface area contributed by atoms with Gasteiger partial charge in [0.15, 0.2) is 5.16 Å². The normalized spacial score (nSPS) is 10.2. The van der Waals surface area contributed by atoms with E-state index in [-0.39, 0.29) is 30.6 Å². The maximum absolute atomic E-state index is 14.6. The molecule has 162 valence electrons. The fourth-order valence-electron chi connectivity index (χ4n) is 2.71. The van der Waals surface area contributed by atoms with Gasteiger partial charge in [0.25, 0.3) is 0 Å². The molecule has 4 aromatic rings. The molecule has 2 heterocycles. The number of carbonyl (C=O) groups excluding carboxylic acids is 1. The number of hydrogen-bond acceptors (Lipinski definition) is 7. The molecule has 0 bridgehead atoms. The molecule has 0 aliphatic carbocycles. The molecule has 0 saturated heterocycles. The van der Waals surface area contributed by atoms with E-state index in [9.17, 15) is 9.18 Å². The highest BCUT2D eigenvalue weighted by Crippen LogP contribution is 2.31.